The second-order valence-electron chi connectivity index (χ2n) is 7.64. The molecule has 178 valence electrons. The number of anilines is 1. The fourth-order valence-electron chi connectivity index (χ4n) is 3.97. The topological polar surface area (TPSA) is 111 Å². The first-order chi connectivity index (χ1) is 16.5. The average Bonchev–Trinajstić information content (AvgIpc) is 3.40. The molecule has 4 rings (SSSR count). The summed E-state index contributed by atoms with van der Waals surface area (Å²) in [5.41, 5.74) is 2.45. The van der Waals surface area contributed by atoms with Crippen LogP contribution in [0.5, 0.6) is 17.2 Å². The number of amides is 1. The van der Waals surface area contributed by atoms with Crippen molar-refractivity contribution in [1.29, 1.82) is 5.26 Å². The number of nitrogens with zero attached hydrogens (tertiary/aromatic N) is 4. The lowest BCUT2D eigenvalue weighted by atomic mass is 9.96. The molecule has 0 radical (unpaired) electrons. The van der Waals surface area contributed by atoms with Crippen molar-refractivity contribution in [2.24, 2.45) is 7.05 Å². The minimum Gasteiger partial charge on any atom is -0.493 e. The smallest absolute Gasteiger partial charge is 0.235 e. The molecule has 3 aromatic rings. The van der Waals surface area contributed by atoms with E-state index in [1.807, 2.05) is 11.6 Å². The summed E-state index contributed by atoms with van der Waals surface area (Å²) in [6, 6.07) is 5.87. The second kappa shape index (κ2) is 10.4. The highest BCUT2D eigenvalue weighted by atomic mass is 32.2. The van der Waals surface area contributed by atoms with Gasteiger partial charge in [0.2, 0.25) is 11.7 Å². The van der Waals surface area contributed by atoms with E-state index >= 15 is 0 Å². The number of thioether (sulfide) groups is 1. The fraction of sp³-hybridized carbons (Fsp3) is 0.391. The molecular weight excluding hydrogens is 474 g/mol. The minimum absolute atomic E-state index is 0.147. The summed E-state index contributed by atoms with van der Waals surface area (Å²) in [4.78, 5) is 13.9. The number of methoxy groups -OCH3 is 3. The van der Waals surface area contributed by atoms with Crippen LogP contribution in [0.1, 0.15) is 28.8 Å². The van der Waals surface area contributed by atoms with Crippen LogP contribution in [0.2, 0.25) is 0 Å². The van der Waals surface area contributed by atoms with Crippen LogP contribution in [-0.2, 0) is 24.7 Å². The molecule has 1 aliphatic rings. The van der Waals surface area contributed by atoms with Gasteiger partial charge in [-0.15, -0.1) is 21.5 Å². The van der Waals surface area contributed by atoms with Gasteiger partial charge in [-0.3, -0.25) is 4.79 Å². The Morgan fingerprint density at radius 2 is 1.88 bits per heavy atom. The lowest BCUT2D eigenvalue weighted by Crippen LogP contribution is -2.14. The number of hydrogen-bond acceptors (Lipinski definition) is 9. The van der Waals surface area contributed by atoms with E-state index in [2.05, 4.69) is 21.6 Å². The molecule has 0 saturated heterocycles. The maximum atomic E-state index is 12.7. The third-order valence-electron chi connectivity index (χ3n) is 5.63. The molecule has 11 heteroatoms. The molecule has 1 N–H and O–H groups in total. The Morgan fingerprint density at radius 3 is 2.53 bits per heavy atom. The van der Waals surface area contributed by atoms with Crippen molar-refractivity contribution in [2.75, 3.05) is 32.4 Å². The predicted octanol–water partition coefficient (Wildman–Crippen LogP) is 4.05. The molecule has 0 atom stereocenters. The van der Waals surface area contributed by atoms with Crippen LogP contribution >= 0.6 is 23.1 Å². The highest BCUT2D eigenvalue weighted by Gasteiger charge is 2.23. The summed E-state index contributed by atoms with van der Waals surface area (Å²) in [6.07, 6.45) is 4.09. The quantitative estimate of drug-likeness (QED) is 0.462. The molecule has 1 amide bonds. The molecule has 0 aliphatic heterocycles. The van der Waals surface area contributed by atoms with Crippen molar-refractivity contribution < 1.29 is 19.0 Å². The van der Waals surface area contributed by atoms with Crippen molar-refractivity contribution in [3.63, 3.8) is 0 Å². The normalized spacial score (nSPS) is 12.6. The number of aryl methyl sites for hydroxylation is 1. The van der Waals surface area contributed by atoms with Gasteiger partial charge in [0.1, 0.15) is 11.1 Å². The van der Waals surface area contributed by atoms with Crippen molar-refractivity contribution in [1.82, 2.24) is 14.8 Å². The number of ether oxygens (including phenoxy) is 3. The number of carbonyl (C=O) groups excluding carboxylic acids is 1. The number of benzene rings is 1. The maximum Gasteiger partial charge on any atom is 0.235 e. The van der Waals surface area contributed by atoms with E-state index in [4.69, 9.17) is 14.2 Å². The molecule has 0 spiro atoms. The number of fused-ring (bicyclic) bond motifs is 1. The fourth-order valence-corrected chi connectivity index (χ4v) is 5.93. The van der Waals surface area contributed by atoms with Crippen molar-refractivity contribution in [2.45, 2.75) is 30.8 Å². The standard InChI is InChI=1S/C23H25N5O4S2/c1-28-21(13-9-16(30-2)20(32-4)17(10-13)31-3)26-27-23(28)33-12-19(29)25-22-15(11-24)14-7-5-6-8-18(14)34-22/h9-10H,5-8,12H2,1-4H3,(H,25,29). The summed E-state index contributed by atoms with van der Waals surface area (Å²) >= 11 is 2.80. The Balaban J connectivity index is 1.48. The zero-order chi connectivity index (χ0) is 24.2. The summed E-state index contributed by atoms with van der Waals surface area (Å²) in [6.45, 7) is 0. The summed E-state index contributed by atoms with van der Waals surface area (Å²) in [5.74, 6) is 2.08. The monoisotopic (exact) mass is 499 g/mol. The van der Waals surface area contributed by atoms with Crippen LogP contribution in [0.25, 0.3) is 11.4 Å². The zero-order valence-corrected chi connectivity index (χ0v) is 21.1. The SMILES string of the molecule is COc1cc(-c2nnc(SCC(=O)Nc3sc4c(c3C#N)CCCC4)n2C)cc(OC)c1OC. The van der Waals surface area contributed by atoms with Crippen LogP contribution in [0.15, 0.2) is 17.3 Å². The summed E-state index contributed by atoms with van der Waals surface area (Å²) in [7, 11) is 6.49. The summed E-state index contributed by atoms with van der Waals surface area (Å²) < 4.78 is 18.0. The maximum absolute atomic E-state index is 12.7. The number of rotatable bonds is 8. The number of carbonyl (C=O) groups is 1. The Labute approximate surface area is 206 Å². The van der Waals surface area contributed by atoms with Crippen molar-refractivity contribution in [3.05, 3.63) is 28.1 Å². The number of aromatic nitrogens is 3. The third-order valence-corrected chi connectivity index (χ3v) is 7.85. The second-order valence-corrected chi connectivity index (χ2v) is 9.69. The molecule has 2 heterocycles. The molecule has 34 heavy (non-hydrogen) atoms. The lowest BCUT2D eigenvalue weighted by molar-refractivity contribution is -0.113. The van der Waals surface area contributed by atoms with Gasteiger partial charge >= 0.3 is 0 Å². The van der Waals surface area contributed by atoms with Gasteiger partial charge in [-0.25, -0.2) is 0 Å². The molecule has 1 aliphatic carbocycles. The molecule has 2 aromatic heterocycles. The highest BCUT2D eigenvalue weighted by Crippen LogP contribution is 2.41. The van der Waals surface area contributed by atoms with E-state index in [1.165, 1.54) is 28.0 Å². The van der Waals surface area contributed by atoms with Gasteiger partial charge < -0.3 is 24.1 Å². The molecule has 0 bridgehead atoms. The van der Waals surface area contributed by atoms with Crippen LogP contribution in [0.3, 0.4) is 0 Å². The molecule has 0 saturated carbocycles. The first kappa shape index (κ1) is 23.9. The Bertz CT molecular complexity index is 1240. The van der Waals surface area contributed by atoms with Crippen LogP contribution in [-0.4, -0.2) is 47.8 Å². The Kier molecular flexibility index (Phi) is 7.29. The van der Waals surface area contributed by atoms with Crippen LogP contribution in [0, 0.1) is 11.3 Å². The minimum atomic E-state index is -0.183. The predicted molar refractivity (Wildman–Crippen MR) is 131 cm³/mol. The molecule has 0 fully saturated rings. The van der Waals surface area contributed by atoms with E-state index in [1.54, 1.807) is 33.5 Å². The zero-order valence-electron chi connectivity index (χ0n) is 19.4. The van der Waals surface area contributed by atoms with Crippen LogP contribution < -0.4 is 19.5 Å². The van der Waals surface area contributed by atoms with Gasteiger partial charge in [-0.05, 0) is 43.4 Å². The molecule has 0 unspecified atom stereocenters. The highest BCUT2D eigenvalue weighted by molar-refractivity contribution is 7.99. The largest absolute Gasteiger partial charge is 0.493 e. The number of nitriles is 1. The van der Waals surface area contributed by atoms with E-state index in [0.29, 0.717) is 38.8 Å². The van der Waals surface area contributed by atoms with Gasteiger partial charge in [0.15, 0.2) is 22.5 Å². The van der Waals surface area contributed by atoms with Crippen LogP contribution in [0.4, 0.5) is 5.00 Å². The molecule has 1 aromatic carbocycles. The van der Waals surface area contributed by atoms with Gasteiger partial charge in [0.25, 0.3) is 0 Å². The number of nitrogens with one attached hydrogen (secondary N) is 1. The first-order valence-corrected chi connectivity index (χ1v) is 12.5. The van der Waals surface area contributed by atoms with E-state index in [9.17, 15) is 10.1 Å². The Hall–Kier alpha value is -3.23. The molecular formula is C23H25N5O4S2. The third kappa shape index (κ3) is 4.56. The number of thiophene rings is 1. The van der Waals surface area contributed by atoms with Crippen molar-refractivity contribution in [3.8, 4) is 34.7 Å². The molecule has 9 nitrogen and oxygen atoms in total. The van der Waals surface area contributed by atoms with Gasteiger partial charge in [-0.2, -0.15) is 5.26 Å². The van der Waals surface area contributed by atoms with Gasteiger partial charge in [0.05, 0.1) is 32.6 Å². The number of hydrogen-bond donors (Lipinski definition) is 1. The lowest BCUT2D eigenvalue weighted by Gasteiger charge is -2.14. The van der Waals surface area contributed by atoms with E-state index < -0.39 is 0 Å². The van der Waals surface area contributed by atoms with E-state index in [-0.39, 0.29) is 11.7 Å². The van der Waals surface area contributed by atoms with Gasteiger partial charge in [0, 0.05) is 17.5 Å². The Morgan fingerprint density at radius 1 is 1.18 bits per heavy atom. The average molecular weight is 500 g/mol. The first-order valence-electron chi connectivity index (χ1n) is 10.7. The van der Waals surface area contributed by atoms with Gasteiger partial charge in [-0.1, -0.05) is 11.8 Å². The van der Waals surface area contributed by atoms with Crippen molar-refractivity contribution >= 4 is 34.0 Å². The summed E-state index contributed by atoms with van der Waals surface area (Å²) in [5, 5.41) is 22.3. The van der Waals surface area contributed by atoms with E-state index in [0.717, 1.165) is 36.8 Å².